The van der Waals surface area contributed by atoms with E-state index in [-0.39, 0.29) is 17.2 Å². The standard InChI is InChI=1S/C27H21ClFN5O2/c1-16(21-4-2-3-5-23(21)28)36-27(35)33-26-19(13-30)14-32-34(26)20-9-11-25(31-15-20)18-8-10-22(17-6-7-17)24(29)12-18/h2-5,8-12,14-17H,6-7H2,1H3,(H,33,35). The normalized spacial score (nSPS) is 13.6. The number of pyridine rings is 1. The molecule has 7 nitrogen and oxygen atoms in total. The number of ether oxygens (including phenoxy) is 1. The van der Waals surface area contributed by atoms with Gasteiger partial charge in [0.05, 0.1) is 23.8 Å². The maximum Gasteiger partial charge on any atom is 0.413 e. The second-order valence-electron chi connectivity index (χ2n) is 8.54. The van der Waals surface area contributed by atoms with Gasteiger partial charge in [0.2, 0.25) is 0 Å². The van der Waals surface area contributed by atoms with Crippen molar-refractivity contribution in [3.05, 3.63) is 94.5 Å². The molecule has 1 aliphatic rings. The smallest absolute Gasteiger partial charge is 0.413 e. The molecule has 2 heterocycles. The largest absolute Gasteiger partial charge is 0.441 e. The monoisotopic (exact) mass is 501 g/mol. The summed E-state index contributed by atoms with van der Waals surface area (Å²) >= 11 is 6.19. The minimum atomic E-state index is -0.767. The van der Waals surface area contributed by atoms with E-state index in [0.717, 1.165) is 18.4 Å². The zero-order chi connectivity index (χ0) is 25.2. The molecule has 0 aliphatic heterocycles. The quantitative estimate of drug-likeness (QED) is 0.314. The molecular formula is C27H21ClFN5O2. The molecule has 1 unspecified atom stereocenters. The summed E-state index contributed by atoms with van der Waals surface area (Å²) in [5, 5.41) is 16.8. The molecule has 2 aromatic heterocycles. The lowest BCUT2D eigenvalue weighted by molar-refractivity contribution is 0.121. The van der Waals surface area contributed by atoms with E-state index in [2.05, 4.69) is 15.4 Å². The van der Waals surface area contributed by atoms with Gasteiger partial charge in [0, 0.05) is 16.1 Å². The van der Waals surface area contributed by atoms with Crippen molar-refractivity contribution < 1.29 is 13.9 Å². The summed E-state index contributed by atoms with van der Waals surface area (Å²) in [5.41, 5.74) is 3.32. The van der Waals surface area contributed by atoms with E-state index in [4.69, 9.17) is 16.3 Å². The number of hydrogen-bond acceptors (Lipinski definition) is 5. The maximum atomic E-state index is 14.5. The van der Waals surface area contributed by atoms with Crippen molar-refractivity contribution in [2.24, 2.45) is 0 Å². The van der Waals surface area contributed by atoms with Gasteiger partial charge in [-0.3, -0.25) is 10.3 Å². The minimum Gasteiger partial charge on any atom is -0.441 e. The zero-order valence-corrected chi connectivity index (χ0v) is 20.0. The number of carbonyl (C=O) groups is 1. The first kappa shape index (κ1) is 23.5. The van der Waals surface area contributed by atoms with Crippen LogP contribution in [0.25, 0.3) is 16.9 Å². The van der Waals surface area contributed by atoms with Gasteiger partial charge in [0.25, 0.3) is 0 Å². The van der Waals surface area contributed by atoms with Crippen molar-refractivity contribution in [1.29, 1.82) is 5.26 Å². The minimum absolute atomic E-state index is 0.142. The van der Waals surface area contributed by atoms with Crippen molar-refractivity contribution in [3.63, 3.8) is 0 Å². The van der Waals surface area contributed by atoms with Crippen LogP contribution in [0.4, 0.5) is 15.0 Å². The van der Waals surface area contributed by atoms with Gasteiger partial charge in [0.1, 0.15) is 23.6 Å². The molecule has 1 amide bonds. The van der Waals surface area contributed by atoms with Crippen LogP contribution in [0.2, 0.25) is 5.02 Å². The summed E-state index contributed by atoms with van der Waals surface area (Å²) in [6, 6.07) is 17.7. The Kier molecular flexibility index (Phi) is 6.40. The second-order valence-corrected chi connectivity index (χ2v) is 8.94. The average Bonchev–Trinajstić information content (AvgIpc) is 3.64. The Morgan fingerprint density at radius 3 is 2.69 bits per heavy atom. The van der Waals surface area contributed by atoms with Crippen LogP contribution in [0.1, 0.15) is 48.5 Å². The number of benzene rings is 2. The molecule has 36 heavy (non-hydrogen) atoms. The molecule has 9 heteroatoms. The number of hydrogen-bond donors (Lipinski definition) is 1. The van der Waals surface area contributed by atoms with Crippen LogP contribution in [0.3, 0.4) is 0 Å². The van der Waals surface area contributed by atoms with Crippen LogP contribution in [-0.4, -0.2) is 20.9 Å². The molecule has 1 atom stereocenters. The van der Waals surface area contributed by atoms with E-state index in [9.17, 15) is 14.4 Å². The molecule has 2 aromatic carbocycles. The van der Waals surface area contributed by atoms with Crippen LogP contribution in [-0.2, 0) is 4.74 Å². The summed E-state index contributed by atoms with van der Waals surface area (Å²) in [6.45, 7) is 1.70. The van der Waals surface area contributed by atoms with E-state index in [1.807, 2.05) is 18.2 Å². The number of rotatable bonds is 6. The number of carbonyl (C=O) groups excluding carboxylic acids is 1. The van der Waals surface area contributed by atoms with Gasteiger partial charge in [-0.05, 0) is 55.5 Å². The van der Waals surface area contributed by atoms with Crippen molar-refractivity contribution in [1.82, 2.24) is 14.8 Å². The highest BCUT2D eigenvalue weighted by molar-refractivity contribution is 6.31. The Labute approximate surface area is 212 Å². The molecule has 0 saturated heterocycles. The van der Waals surface area contributed by atoms with Crippen LogP contribution < -0.4 is 5.32 Å². The molecule has 1 saturated carbocycles. The highest BCUT2D eigenvalue weighted by Gasteiger charge is 2.26. The lowest BCUT2D eigenvalue weighted by Gasteiger charge is -2.16. The highest BCUT2D eigenvalue weighted by Crippen LogP contribution is 2.41. The van der Waals surface area contributed by atoms with E-state index < -0.39 is 12.2 Å². The lowest BCUT2D eigenvalue weighted by Crippen LogP contribution is -2.19. The summed E-state index contributed by atoms with van der Waals surface area (Å²) in [6.07, 6.45) is 3.55. The molecule has 1 aliphatic carbocycles. The van der Waals surface area contributed by atoms with Crippen LogP contribution >= 0.6 is 11.6 Å². The molecule has 0 bridgehead atoms. The molecule has 1 N–H and O–H groups in total. The van der Waals surface area contributed by atoms with Gasteiger partial charge in [-0.2, -0.15) is 10.4 Å². The Bertz CT molecular complexity index is 1470. The third-order valence-electron chi connectivity index (χ3n) is 6.04. The third-order valence-corrected chi connectivity index (χ3v) is 6.39. The molecule has 0 radical (unpaired) electrons. The molecule has 0 spiro atoms. The highest BCUT2D eigenvalue weighted by atomic mass is 35.5. The van der Waals surface area contributed by atoms with E-state index in [1.165, 1.54) is 16.9 Å². The Morgan fingerprint density at radius 1 is 1.22 bits per heavy atom. The van der Waals surface area contributed by atoms with Gasteiger partial charge in [0.15, 0.2) is 5.82 Å². The predicted octanol–water partition coefficient (Wildman–Crippen LogP) is 6.79. The molecule has 180 valence electrons. The van der Waals surface area contributed by atoms with E-state index in [0.29, 0.717) is 33.4 Å². The number of halogens is 2. The predicted molar refractivity (Wildman–Crippen MR) is 133 cm³/mol. The van der Waals surface area contributed by atoms with Gasteiger partial charge < -0.3 is 4.74 Å². The molecule has 4 aromatic rings. The fourth-order valence-electron chi connectivity index (χ4n) is 4.00. The van der Waals surface area contributed by atoms with Crippen molar-refractivity contribution in [2.75, 3.05) is 5.32 Å². The number of nitriles is 1. The summed E-state index contributed by atoms with van der Waals surface area (Å²) in [5.74, 6) is 0.250. The first-order valence-electron chi connectivity index (χ1n) is 11.4. The molecule has 5 rings (SSSR count). The van der Waals surface area contributed by atoms with Gasteiger partial charge in [-0.15, -0.1) is 0 Å². The topological polar surface area (TPSA) is 92.8 Å². The van der Waals surface area contributed by atoms with Crippen LogP contribution in [0, 0.1) is 17.1 Å². The zero-order valence-electron chi connectivity index (χ0n) is 19.3. The lowest BCUT2D eigenvalue weighted by atomic mass is 10.0. The van der Waals surface area contributed by atoms with Crippen molar-refractivity contribution in [3.8, 4) is 23.0 Å². The average molecular weight is 502 g/mol. The fraction of sp³-hybridized carbons (Fsp3) is 0.185. The number of nitrogens with zero attached hydrogens (tertiary/aromatic N) is 4. The van der Waals surface area contributed by atoms with Crippen molar-refractivity contribution >= 4 is 23.5 Å². The van der Waals surface area contributed by atoms with Crippen LogP contribution in [0.5, 0.6) is 0 Å². The van der Waals surface area contributed by atoms with Gasteiger partial charge >= 0.3 is 6.09 Å². The van der Waals surface area contributed by atoms with E-state index in [1.54, 1.807) is 49.5 Å². The Balaban J connectivity index is 1.35. The van der Waals surface area contributed by atoms with Crippen molar-refractivity contribution in [2.45, 2.75) is 31.8 Å². The SMILES string of the molecule is CC(OC(=O)Nc1c(C#N)cnn1-c1ccc(-c2ccc(C3CC3)c(F)c2)nc1)c1ccccc1Cl. The van der Waals surface area contributed by atoms with E-state index >= 15 is 0 Å². The molecule has 1 fully saturated rings. The third kappa shape index (κ3) is 4.79. The number of anilines is 1. The first-order valence-corrected chi connectivity index (χ1v) is 11.8. The summed E-state index contributed by atoms with van der Waals surface area (Å²) in [7, 11) is 0. The second kappa shape index (κ2) is 9.80. The number of nitrogens with one attached hydrogen (secondary N) is 1. The number of aromatic nitrogens is 3. The van der Waals surface area contributed by atoms with Gasteiger partial charge in [-0.1, -0.05) is 41.9 Å². The summed E-state index contributed by atoms with van der Waals surface area (Å²) in [4.78, 5) is 17.1. The first-order chi connectivity index (χ1) is 17.4. The Hall–Kier alpha value is -4.22. The van der Waals surface area contributed by atoms with Crippen LogP contribution in [0.15, 0.2) is 67.0 Å². The van der Waals surface area contributed by atoms with Gasteiger partial charge in [-0.25, -0.2) is 13.9 Å². The fourth-order valence-corrected chi connectivity index (χ4v) is 4.28. The number of amides is 1. The molecular weight excluding hydrogens is 481 g/mol. The Morgan fingerprint density at radius 2 is 2.03 bits per heavy atom. The summed E-state index contributed by atoms with van der Waals surface area (Å²) < 4.78 is 21.3. The maximum absolute atomic E-state index is 14.5.